The lowest BCUT2D eigenvalue weighted by Crippen LogP contribution is -2.22. The highest BCUT2D eigenvalue weighted by Crippen LogP contribution is 2.31. The Kier molecular flexibility index (Phi) is 9.94. The molecule has 2 aromatic carbocycles. The van der Waals surface area contributed by atoms with E-state index in [9.17, 15) is 14.0 Å². The van der Waals surface area contributed by atoms with Crippen LogP contribution in [-0.2, 0) is 11.2 Å². The summed E-state index contributed by atoms with van der Waals surface area (Å²) in [5.74, 6) is -1.32. The maximum atomic E-state index is 13.8. The number of aryl methyl sites for hydroxylation is 1. The monoisotopic (exact) mass is 493 g/mol. The van der Waals surface area contributed by atoms with Crippen molar-refractivity contribution in [1.29, 1.82) is 0 Å². The van der Waals surface area contributed by atoms with Crippen molar-refractivity contribution in [3.05, 3.63) is 77.7 Å². The molecule has 1 amide bonds. The van der Waals surface area contributed by atoms with Gasteiger partial charge in [0.1, 0.15) is 0 Å². The molecule has 1 fully saturated rings. The lowest BCUT2D eigenvalue weighted by Gasteiger charge is -2.15. The van der Waals surface area contributed by atoms with Crippen molar-refractivity contribution in [2.75, 3.05) is 33.9 Å². The Hall–Kier alpha value is -3.78. The number of amides is 1. The van der Waals surface area contributed by atoms with Crippen molar-refractivity contribution in [2.45, 2.75) is 25.7 Å². The van der Waals surface area contributed by atoms with Crippen molar-refractivity contribution in [3.63, 3.8) is 0 Å². The van der Waals surface area contributed by atoms with Crippen molar-refractivity contribution in [3.8, 4) is 22.8 Å². The minimum atomic E-state index is -0.949. The number of primary amides is 1. The van der Waals surface area contributed by atoms with Gasteiger partial charge in [-0.3, -0.25) is 14.6 Å². The van der Waals surface area contributed by atoms with Gasteiger partial charge < -0.3 is 20.1 Å². The Balaban J connectivity index is 0.000000202. The molecule has 2 heterocycles. The fraction of sp³-hybridized carbons (Fsp3) is 0.321. The number of methoxy groups -OCH3 is 2. The maximum absolute atomic E-state index is 13.8. The predicted octanol–water partition coefficient (Wildman–Crippen LogP) is 4.29. The predicted molar refractivity (Wildman–Crippen MR) is 137 cm³/mol. The van der Waals surface area contributed by atoms with E-state index in [0.717, 1.165) is 36.2 Å². The molecular weight excluding hydrogens is 461 g/mol. The van der Waals surface area contributed by atoms with E-state index in [-0.39, 0.29) is 17.1 Å². The van der Waals surface area contributed by atoms with Gasteiger partial charge in [0, 0.05) is 17.3 Å². The van der Waals surface area contributed by atoms with Crippen LogP contribution in [0.5, 0.6) is 11.5 Å². The van der Waals surface area contributed by atoms with Crippen molar-refractivity contribution < 1.29 is 23.5 Å². The third-order valence-corrected chi connectivity index (χ3v) is 5.96. The van der Waals surface area contributed by atoms with Crippen LogP contribution in [0.3, 0.4) is 0 Å². The van der Waals surface area contributed by atoms with E-state index in [1.54, 1.807) is 36.5 Å². The lowest BCUT2D eigenvalue weighted by atomic mass is 10.1. The zero-order valence-electron chi connectivity index (χ0n) is 20.7. The number of carbonyl (C=O) groups excluding carboxylic acids is 2. The quantitative estimate of drug-likeness (QED) is 0.353. The number of rotatable bonds is 9. The standard InChI is InChI=1S/C15H22FNO2.C13H10N2O2/c1-18-14-11-12(10-13(16)15(14)19-2)6-5-9-17-7-3-4-8-17;14-13(17)12(16)10-6-4-9(5-7-10)11-3-1-2-8-15-11/h10-11H,3-9H2,1-2H3;1-8H,(H2,14,17). The Bertz CT molecular complexity index is 1150. The smallest absolute Gasteiger partial charge is 0.289 e. The molecule has 0 aliphatic carbocycles. The Morgan fingerprint density at radius 1 is 1.03 bits per heavy atom. The largest absolute Gasteiger partial charge is 0.493 e. The molecule has 36 heavy (non-hydrogen) atoms. The summed E-state index contributed by atoms with van der Waals surface area (Å²) in [6, 6.07) is 15.6. The minimum absolute atomic E-state index is 0.186. The number of halogens is 1. The number of nitrogens with two attached hydrogens (primary N) is 1. The number of Topliss-reactive ketones (excluding diaryl/α,β-unsaturated/α-hetero) is 1. The van der Waals surface area contributed by atoms with Gasteiger partial charge in [-0.2, -0.15) is 0 Å². The Morgan fingerprint density at radius 3 is 2.33 bits per heavy atom. The van der Waals surface area contributed by atoms with Gasteiger partial charge in [0.05, 0.1) is 19.9 Å². The summed E-state index contributed by atoms with van der Waals surface area (Å²) in [6.45, 7) is 3.51. The van der Waals surface area contributed by atoms with E-state index in [1.165, 1.54) is 40.2 Å². The summed E-state index contributed by atoms with van der Waals surface area (Å²) >= 11 is 0. The highest BCUT2D eigenvalue weighted by atomic mass is 19.1. The molecule has 190 valence electrons. The minimum Gasteiger partial charge on any atom is -0.493 e. The highest BCUT2D eigenvalue weighted by Gasteiger charge is 2.14. The number of nitrogens with zero attached hydrogens (tertiary/aromatic N) is 2. The second-order valence-electron chi connectivity index (χ2n) is 8.45. The van der Waals surface area contributed by atoms with Crippen LogP contribution in [0.1, 0.15) is 35.2 Å². The van der Waals surface area contributed by atoms with Crippen molar-refractivity contribution >= 4 is 11.7 Å². The van der Waals surface area contributed by atoms with E-state index in [2.05, 4.69) is 9.88 Å². The normalized spacial score (nSPS) is 13.0. The first-order valence-corrected chi connectivity index (χ1v) is 11.9. The van der Waals surface area contributed by atoms with E-state index in [4.69, 9.17) is 15.2 Å². The molecule has 3 aromatic rings. The second kappa shape index (κ2) is 13.3. The first kappa shape index (κ1) is 26.8. The SMILES string of the molecule is COc1cc(CCCN2CCCC2)cc(F)c1OC.NC(=O)C(=O)c1ccc(-c2ccccn2)cc1. The third kappa shape index (κ3) is 7.36. The molecule has 1 aliphatic rings. The molecule has 0 unspecified atom stereocenters. The number of carbonyl (C=O) groups is 2. The number of benzene rings is 2. The van der Waals surface area contributed by atoms with Gasteiger partial charge in [0.25, 0.3) is 5.91 Å². The van der Waals surface area contributed by atoms with Crippen LogP contribution in [0.15, 0.2) is 60.8 Å². The van der Waals surface area contributed by atoms with Crippen LogP contribution < -0.4 is 15.2 Å². The summed E-state index contributed by atoms with van der Waals surface area (Å²) in [6.07, 6.45) is 6.23. The average molecular weight is 494 g/mol. The molecule has 1 aliphatic heterocycles. The lowest BCUT2D eigenvalue weighted by molar-refractivity contribution is -0.114. The summed E-state index contributed by atoms with van der Waals surface area (Å²) in [7, 11) is 2.99. The number of pyridine rings is 1. The number of ether oxygens (including phenoxy) is 2. The van der Waals surface area contributed by atoms with Gasteiger partial charge in [-0.05, 0) is 75.1 Å². The van der Waals surface area contributed by atoms with Gasteiger partial charge in [-0.25, -0.2) is 4.39 Å². The number of hydrogen-bond donors (Lipinski definition) is 1. The number of hydrogen-bond acceptors (Lipinski definition) is 6. The van der Waals surface area contributed by atoms with Crippen LogP contribution >= 0.6 is 0 Å². The number of likely N-dealkylation sites (tertiary alicyclic amines) is 1. The van der Waals surface area contributed by atoms with Crippen LogP contribution in [0.25, 0.3) is 11.3 Å². The van der Waals surface area contributed by atoms with Crippen molar-refractivity contribution in [2.24, 2.45) is 5.73 Å². The van der Waals surface area contributed by atoms with Gasteiger partial charge in [-0.15, -0.1) is 0 Å². The summed E-state index contributed by atoms with van der Waals surface area (Å²) < 4.78 is 24.0. The van der Waals surface area contributed by atoms with E-state index < -0.39 is 11.7 Å². The van der Waals surface area contributed by atoms with Gasteiger partial charge >= 0.3 is 0 Å². The molecule has 0 bridgehead atoms. The molecule has 7 nitrogen and oxygen atoms in total. The molecule has 0 saturated carbocycles. The second-order valence-corrected chi connectivity index (χ2v) is 8.45. The fourth-order valence-corrected chi connectivity index (χ4v) is 4.10. The first-order chi connectivity index (χ1) is 17.4. The average Bonchev–Trinajstić information content (AvgIpc) is 3.42. The fourth-order valence-electron chi connectivity index (χ4n) is 4.10. The van der Waals surface area contributed by atoms with Crippen molar-refractivity contribution in [1.82, 2.24) is 9.88 Å². The van der Waals surface area contributed by atoms with Crippen LogP contribution in [-0.4, -0.2) is 55.4 Å². The molecule has 0 atom stereocenters. The third-order valence-electron chi connectivity index (χ3n) is 5.96. The first-order valence-electron chi connectivity index (χ1n) is 11.9. The van der Waals surface area contributed by atoms with Crippen LogP contribution in [0.4, 0.5) is 4.39 Å². The zero-order chi connectivity index (χ0) is 25.9. The Morgan fingerprint density at radius 2 is 1.75 bits per heavy atom. The molecule has 2 N–H and O–H groups in total. The van der Waals surface area contributed by atoms with Gasteiger partial charge in [-0.1, -0.05) is 30.3 Å². The topological polar surface area (TPSA) is 94.7 Å². The molecule has 8 heteroatoms. The van der Waals surface area contributed by atoms with E-state index >= 15 is 0 Å². The number of aromatic nitrogens is 1. The van der Waals surface area contributed by atoms with E-state index in [0.29, 0.717) is 5.75 Å². The molecule has 1 saturated heterocycles. The van der Waals surface area contributed by atoms with Crippen LogP contribution in [0, 0.1) is 5.82 Å². The summed E-state index contributed by atoms with van der Waals surface area (Å²) in [4.78, 5) is 28.7. The summed E-state index contributed by atoms with van der Waals surface area (Å²) in [5, 5.41) is 0. The molecule has 0 radical (unpaired) electrons. The molecule has 0 spiro atoms. The molecule has 1 aromatic heterocycles. The summed E-state index contributed by atoms with van der Waals surface area (Å²) in [5.41, 5.74) is 7.86. The highest BCUT2D eigenvalue weighted by molar-refractivity contribution is 6.42. The van der Waals surface area contributed by atoms with Gasteiger partial charge in [0.2, 0.25) is 5.78 Å². The van der Waals surface area contributed by atoms with E-state index in [1.807, 2.05) is 24.3 Å². The van der Waals surface area contributed by atoms with Gasteiger partial charge in [0.15, 0.2) is 17.3 Å². The number of ketones is 1. The molecule has 4 rings (SSSR count). The molecular formula is C28H32FN3O4. The Labute approximate surface area is 211 Å². The maximum Gasteiger partial charge on any atom is 0.289 e. The zero-order valence-corrected chi connectivity index (χ0v) is 20.7. The van der Waals surface area contributed by atoms with Crippen LogP contribution in [0.2, 0.25) is 0 Å².